The predicted molar refractivity (Wildman–Crippen MR) is 60.1 cm³/mol. The first-order valence-electron chi connectivity index (χ1n) is 4.96. The van der Waals surface area contributed by atoms with Crippen LogP contribution in [0.15, 0.2) is 16.6 Å². The Morgan fingerprint density at radius 3 is 2.37 bits per heavy atom. The number of benzene rings is 1. The van der Waals surface area contributed by atoms with E-state index in [9.17, 15) is 27.2 Å². The van der Waals surface area contributed by atoms with Gasteiger partial charge in [0.2, 0.25) is 0 Å². The molecule has 0 aliphatic carbocycles. The smallest absolute Gasteiger partial charge is 0.420 e. The van der Waals surface area contributed by atoms with Gasteiger partial charge in [-0.3, -0.25) is 4.79 Å². The molecule has 0 saturated carbocycles. The molecule has 104 valence electrons. The number of hydrogen-bond acceptors (Lipinski definition) is 3. The Labute approximate surface area is 113 Å². The third kappa shape index (κ3) is 3.31. The standard InChI is InChI=1S/C11H7BrF4O3/c1-2-19-10(18)9(17)5-3-4-6(12)7(8(5)13)11(14,15)16/h3-4H,2H2,1H3. The van der Waals surface area contributed by atoms with Gasteiger partial charge in [-0.15, -0.1) is 0 Å². The molecule has 0 amide bonds. The number of hydrogen-bond donors (Lipinski definition) is 0. The van der Waals surface area contributed by atoms with E-state index in [4.69, 9.17) is 0 Å². The first-order valence-corrected chi connectivity index (χ1v) is 5.76. The summed E-state index contributed by atoms with van der Waals surface area (Å²) in [6.45, 7) is 1.26. The van der Waals surface area contributed by atoms with E-state index in [0.717, 1.165) is 12.1 Å². The van der Waals surface area contributed by atoms with Crippen LogP contribution in [0, 0.1) is 5.82 Å². The first kappa shape index (κ1) is 15.6. The summed E-state index contributed by atoms with van der Waals surface area (Å²) in [6.07, 6.45) is -4.99. The molecule has 0 bridgehead atoms. The molecule has 0 aliphatic rings. The summed E-state index contributed by atoms with van der Waals surface area (Å²) in [6, 6.07) is 1.63. The first-order chi connectivity index (χ1) is 8.70. The molecule has 0 atom stereocenters. The van der Waals surface area contributed by atoms with Gasteiger partial charge in [-0.1, -0.05) is 15.9 Å². The number of esters is 1. The van der Waals surface area contributed by atoms with Gasteiger partial charge in [-0.05, 0) is 19.1 Å². The Morgan fingerprint density at radius 1 is 1.32 bits per heavy atom. The minimum atomic E-state index is -4.99. The fraction of sp³-hybridized carbons (Fsp3) is 0.273. The SMILES string of the molecule is CCOC(=O)C(=O)c1ccc(Br)c(C(F)(F)F)c1F. The highest BCUT2D eigenvalue weighted by molar-refractivity contribution is 9.10. The molecular formula is C11H7BrF4O3. The van der Waals surface area contributed by atoms with Gasteiger partial charge < -0.3 is 4.74 Å². The van der Waals surface area contributed by atoms with Crippen LogP contribution in [0.5, 0.6) is 0 Å². The second kappa shape index (κ2) is 5.68. The van der Waals surface area contributed by atoms with Gasteiger partial charge in [0.15, 0.2) is 0 Å². The van der Waals surface area contributed by atoms with E-state index >= 15 is 0 Å². The van der Waals surface area contributed by atoms with Crippen molar-refractivity contribution in [3.8, 4) is 0 Å². The zero-order valence-electron chi connectivity index (χ0n) is 9.48. The molecule has 0 fully saturated rings. The molecule has 0 N–H and O–H groups in total. The third-order valence-electron chi connectivity index (χ3n) is 2.08. The third-order valence-corrected chi connectivity index (χ3v) is 2.74. The maximum Gasteiger partial charge on any atom is 0.420 e. The van der Waals surface area contributed by atoms with Crippen LogP contribution in [0.2, 0.25) is 0 Å². The average Bonchev–Trinajstić information content (AvgIpc) is 2.26. The zero-order valence-corrected chi connectivity index (χ0v) is 11.1. The lowest BCUT2D eigenvalue weighted by molar-refractivity contribution is -0.141. The summed E-state index contributed by atoms with van der Waals surface area (Å²) in [5.74, 6) is -4.67. The molecule has 0 saturated heterocycles. The minimum absolute atomic E-state index is 0.144. The van der Waals surface area contributed by atoms with Crippen molar-refractivity contribution in [3.05, 3.63) is 33.5 Å². The summed E-state index contributed by atoms with van der Waals surface area (Å²) in [4.78, 5) is 22.6. The summed E-state index contributed by atoms with van der Waals surface area (Å²) in [5, 5.41) is 0. The quantitative estimate of drug-likeness (QED) is 0.366. The van der Waals surface area contributed by atoms with Gasteiger partial charge in [0.25, 0.3) is 5.78 Å². The van der Waals surface area contributed by atoms with Crippen LogP contribution >= 0.6 is 15.9 Å². The molecule has 1 aromatic carbocycles. The van der Waals surface area contributed by atoms with E-state index in [0.29, 0.717) is 0 Å². The van der Waals surface area contributed by atoms with E-state index in [2.05, 4.69) is 20.7 Å². The van der Waals surface area contributed by atoms with Crippen LogP contribution in [0.1, 0.15) is 22.8 Å². The summed E-state index contributed by atoms with van der Waals surface area (Å²) in [5.41, 5.74) is -2.61. The maximum atomic E-state index is 13.7. The molecule has 0 unspecified atom stereocenters. The molecular weight excluding hydrogens is 336 g/mol. The molecule has 8 heteroatoms. The number of halogens is 5. The number of rotatable bonds is 3. The number of Topliss-reactive ketones (excluding diaryl/α,β-unsaturated/α-hetero) is 1. The van der Waals surface area contributed by atoms with Gasteiger partial charge in [0, 0.05) is 4.47 Å². The normalized spacial score (nSPS) is 11.3. The molecule has 3 nitrogen and oxygen atoms in total. The van der Waals surface area contributed by atoms with E-state index in [-0.39, 0.29) is 6.61 Å². The highest BCUT2D eigenvalue weighted by Gasteiger charge is 2.39. The Bertz CT molecular complexity index is 525. The average molecular weight is 343 g/mol. The topological polar surface area (TPSA) is 43.4 Å². The monoisotopic (exact) mass is 342 g/mol. The number of carbonyl (C=O) groups excluding carboxylic acids is 2. The number of ketones is 1. The predicted octanol–water partition coefficient (Wildman–Crippen LogP) is 3.35. The lowest BCUT2D eigenvalue weighted by Crippen LogP contribution is -2.21. The van der Waals surface area contributed by atoms with Gasteiger partial charge in [0.1, 0.15) is 11.4 Å². The van der Waals surface area contributed by atoms with Crippen LogP contribution in [0.25, 0.3) is 0 Å². The molecule has 1 aromatic rings. The highest BCUT2D eigenvalue weighted by atomic mass is 79.9. The van der Waals surface area contributed by atoms with E-state index in [1.54, 1.807) is 0 Å². The van der Waals surface area contributed by atoms with Crippen molar-refractivity contribution in [1.29, 1.82) is 0 Å². The van der Waals surface area contributed by atoms with Gasteiger partial charge in [0.05, 0.1) is 12.2 Å². The van der Waals surface area contributed by atoms with E-state index in [1.807, 2.05) is 0 Å². The van der Waals surface area contributed by atoms with Crippen molar-refractivity contribution in [3.63, 3.8) is 0 Å². The van der Waals surface area contributed by atoms with Crippen molar-refractivity contribution in [2.24, 2.45) is 0 Å². The maximum absolute atomic E-state index is 13.7. The number of alkyl halides is 3. The molecule has 0 radical (unpaired) electrons. The van der Waals surface area contributed by atoms with Crippen LogP contribution in [-0.2, 0) is 15.7 Å². The molecule has 19 heavy (non-hydrogen) atoms. The molecule has 1 rings (SSSR count). The fourth-order valence-electron chi connectivity index (χ4n) is 1.29. The van der Waals surface area contributed by atoms with Crippen LogP contribution in [-0.4, -0.2) is 18.4 Å². The van der Waals surface area contributed by atoms with Crippen LogP contribution in [0.3, 0.4) is 0 Å². The van der Waals surface area contributed by atoms with Crippen molar-refractivity contribution >= 4 is 27.7 Å². The summed E-state index contributed by atoms with van der Waals surface area (Å²) < 4.78 is 55.3. The molecule has 0 aromatic heterocycles. The van der Waals surface area contributed by atoms with E-state index in [1.165, 1.54) is 6.92 Å². The molecule has 0 spiro atoms. The largest absolute Gasteiger partial charge is 0.460 e. The van der Waals surface area contributed by atoms with Crippen molar-refractivity contribution < 1.29 is 31.9 Å². The zero-order chi connectivity index (χ0) is 14.8. The lowest BCUT2D eigenvalue weighted by Gasteiger charge is -2.12. The van der Waals surface area contributed by atoms with Crippen molar-refractivity contribution in [1.82, 2.24) is 0 Å². The Balaban J connectivity index is 3.33. The number of ether oxygens (including phenoxy) is 1. The van der Waals surface area contributed by atoms with Gasteiger partial charge in [-0.25, -0.2) is 9.18 Å². The van der Waals surface area contributed by atoms with Gasteiger partial charge >= 0.3 is 12.1 Å². The number of carbonyl (C=O) groups is 2. The summed E-state index contributed by atoms with van der Waals surface area (Å²) in [7, 11) is 0. The highest BCUT2D eigenvalue weighted by Crippen LogP contribution is 2.37. The summed E-state index contributed by atoms with van der Waals surface area (Å²) >= 11 is 2.55. The van der Waals surface area contributed by atoms with Crippen LogP contribution < -0.4 is 0 Å². The van der Waals surface area contributed by atoms with Gasteiger partial charge in [-0.2, -0.15) is 13.2 Å². The Kier molecular flexibility index (Phi) is 4.67. The minimum Gasteiger partial charge on any atom is -0.460 e. The van der Waals surface area contributed by atoms with Crippen molar-refractivity contribution in [2.45, 2.75) is 13.1 Å². The molecule has 0 aliphatic heterocycles. The van der Waals surface area contributed by atoms with E-state index < -0.39 is 39.3 Å². The Hall–Kier alpha value is -1.44. The second-order valence-corrected chi connectivity index (χ2v) is 4.19. The fourth-order valence-corrected chi connectivity index (χ4v) is 1.83. The van der Waals surface area contributed by atoms with Crippen LogP contribution in [0.4, 0.5) is 17.6 Å². The Morgan fingerprint density at radius 2 is 1.89 bits per heavy atom. The lowest BCUT2D eigenvalue weighted by atomic mass is 10.1. The van der Waals surface area contributed by atoms with Crippen molar-refractivity contribution in [2.75, 3.05) is 6.61 Å². The molecule has 0 heterocycles. The second-order valence-electron chi connectivity index (χ2n) is 3.33.